The fourth-order valence-corrected chi connectivity index (χ4v) is 4.38. The molecule has 3 N–H and O–H groups in total. The van der Waals surface area contributed by atoms with Gasteiger partial charge in [-0.25, -0.2) is 4.98 Å². The molecule has 0 aliphatic carbocycles. The summed E-state index contributed by atoms with van der Waals surface area (Å²) < 4.78 is 3.21. The number of rotatable bonds is 7. The molecule has 9 heteroatoms. The van der Waals surface area contributed by atoms with Crippen molar-refractivity contribution in [3.05, 3.63) is 52.4 Å². The number of fused-ring (bicyclic) bond motifs is 1. The summed E-state index contributed by atoms with van der Waals surface area (Å²) in [7, 11) is 0. The monoisotopic (exact) mass is 488 g/mol. The summed E-state index contributed by atoms with van der Waals surface area (Å²) in [6.07, 6.45) is 3.50. The van der Waals surface area contributed by atoms with Crippen LogP contribution in [0.4, 0.5) is 11.6 Å². The first kappa shape index (κ1) is 25.2. The summed E-state index contributed by atoms with van der Waals surface area (Å²) in [6, 6.07) is 8.63. The predicted octanol–water partition coefficient (Wildman–Crippen LogP) is 2.63. The molecule has 0 spiro atoms. The zero-order valence-corrected chi connectivity index (χ0v) is 21.0. The van der Waals surface area contributed by atoms with Crippen molar-refractivity contribution in [3.63, 3.8) is 0 Å². The molecule has 1 aliphatic rings. The summed E-state index contributed by atoms with van der Waals surface area (Å²) in [5.74, 6) is 5.91. The number of carbonyl (C=O) groups is 2. The van der Waals surface area contributed by atoms with Gasteiger partial charge in [-0.15, -0.1) is 5.92 Å². The molecule has 0 bridgehead atoms. The van der Waals surface area contributed by atoms with Crippen LogP contribution in [-0.4, -0.2) is 44.9 Å². The van der Waals surface area contributed by atoms with E-state index in [9.17, 15) is 14.4 Å². The maximum atomic E-state index is 13.6. The largest absolute Gasteiger partial charge is 0.341 e. The maximum Gasteiger partial charge on any atom is 0.277 e. The van der Waals surface area contributed by atoms with Gasteiger partial charge >= 0.3 is 0 Å². The molecule has 1 atom stereocenters. The average molecular weight is 489 g/mol. The quantitative estimate of drug-likeness (QED) is 0.390. The molecule has 1 saturated heterocycles. The highest BCUT2D eigenvalue weighted by Gasteiger charge is 2.24. The van der Waals surface area contributed by atoms with E-state index in [4.69, 9.17) is 10.7 Å². The Balaban J connectivity index is 1.70. The first-order valence-corrected chi connectivity index (χ1v) is 12.2. The van der Waals surface area contributed by atoms with Crippen LogP contribution in [0.25, 0.3) is 11.0 Å². The zero-order valence-electron chi connectivity index (χ0n) is 21.0. The second-order valence-electron chi connectivity index (χ2n) is 9.37. The van der Waals surface area contributed by atoms with Crippen LogP contribution < -0.4 is 21.5 Å². The molecule has 36 heavy (non-hydrogen) atoms. The van der Waals surface area contributed by atoms with Gasteiger partial charge in [-0.05, 0) is 38.0 Å². The number of imidazole rings is 1. The van der Waals surface area contributed by atoms with E-state index in [1.165, 1.54) is 4.57 Å². The number of Topliss-reactive ketones (excluding diaryl/α,β-unsaturated/α-hetero) is 1. The number of nitrogens with zero attached hydrogens (tertiary/aromatic N) is 4. The number of pyridine rings is 1. The first-order chi connectivity index (χ1) is 17.3. The van der Waals surface area contributed by atoms with E-state index in [1.54, 1.807) is 57.3 Å². The Morgan fingerprint density at radius 2 is 2.03 bits per heavy atom. The summed E-state index contributed by atoms with van der Waals surface area (Å²) >= 11 is 0. The Bertz CT molecular complexity index is 1410. The van der Waals surface area contributed by atoms with Gasteiger partial charge in [0.25, 0.3) is 5.56 Å². The summed E-state index contributed by atoms with van der Waals surface area (Å²) in [6.45, 7) is 6.93. The molecule has 4 rings (SSSR count). The van der Waals surface area contributed by atoms with Crippen LogP contribution in [0.15, 0.2) is 41.3 Å². The van der Waals surface area contributed by atoms with E-state index in [-0.39, 0.29) is 35.8 Å². The van der Waals surface area contributed by atoms with Crippen molar-refractivity contribution in [1.29, 1.82) is 0 Å². The van der Waals surface area contributed by atoms with Gasteiger partial charge < -0.3 is 20.5 Å². The van der Waals surface area contributed by atoms with Crippen molar-refractivity contribution >= 4 is 34.4 Å². The number of benzene rings is 1. The summed E-state index contributed by atoms with van der Waals surface area (Å²) in [4.78, 5) is 45.9. The molecule has 1 aromatic carbocycles. The second kappa shape index (κ2) is 10.8. The van der Waals surface area contributed by atoms with Crippen molar-refractivity contribution in [3.8, 4) is 11.8 Å². The highest BCUT2D eigenvalue weighted by molar-refractivity contribution is 6.05. The third-order valence-electron chi connectivity index (χ3n) is 6.33. The van der Waals surface area contributed by atoms with Crippen molar-refractivity contribution in [2.24, 2.45) is 11.7 Å². The Labute approximate surface area is 210 Å². The highest BCUT2D eigenvalue weighted by atomic mass is 16.2. The molecule has 0 saturated carbocycles. The molecule has 0 radical (unpaired) electrons. The highest BCUT2D eigenvalue weighted by Crippen LogP contribution is 2.24. The van der Waals surface area contributed by atoms with E-state index >= 15 is 0 Å². The number of hydrogen-bond acceptors (Lipinski definition) is 6. The number of ketones is 1. The van der Waals surface area contributed by atoms with Crippen LogP contribution in [0.3, 0.4) is 0 Å². The Morgan fingerprint density at radius 3 is 2.75 bits per heavy atom. The van der Waals surface area contributed by atoms with Crippen LogP contribution >= 0.6 is 0 Å². The topological polar surface area (TPSA) is 115 Å². The molecule has 1 amide bonds. The molecule has 9 nitrogen and oxygen atoms in total. The summed E-state index contributed by atoms with van der Waals surface area (Å²) in [5.41, 5.74) is 7.62. The molecule has 3 heterocycles. The molecule has 3 aromatic rings. The fraction of sp³-hybridized carbons (Fsp3) is 0.407. The van der Waals surface area contributed by atoms with E-state index in [0.29, 0.717) is 41.3 Å². The van der Waals surface area contributed by atoms with E-state index in [2.05, 4.69) is 22.1 Å². The minimum atomic E-state index is -0.317. The van der Waals surface area contributed by atoms with Gasteiger partial charge in [0.15, 0.2) is 5.78 Å². The smallest absolute Gasteiger partial charge is 0.277 e. The molecule has 1 unspecified atom stereocenters. The van der Waals surface area contributed by atoms with Gasteiger partial charge in [0.1, 0.15) is 5.52 Å². The van der Waals surface area contributed by atoms with Crippen LogP contribution in [0, 0.1) is 17.8 Å². The molecule has 1 fully saturated rings. The number of carbonyl (C=O) groups excluding carboxylic acids is 2. The number of anilines is 2. The van der Waals surface area contributed by atoms with Gasteiger partial charge in [-0.3, -0.25) is 19.0 Å². The lowest BCUT2D eigenvalue weighted by Crippen LogP contribution is -2.44. The SMILES string of the molecule is CC#CCn1c(N2CCCC(N)C2)nc2ccn(CC(=O)c3ccccc3NC(=O)C(C)C)c(=O)c21. The number of piperidine rings is 1. The fourth-order valence-electron chi connectivity index (χ4n) is 4.38. The number of amides is 1. The van der Waals surface area contributed by atoms with Crippen LogP contribution in [0.5, 0.6) is 0 Å². The van der Waals surface area contributed by atoms with Gasteiger partial charge in [0.2, 0.25) is 11.9 Å². The Hall–Kier alpha value is -3.90. The van der Waals surface area contributed by atoms with Crippen molar-refractivity contribution in [1.82, 2.24) is 14.1 Å². The number of para-hydroxylation sites is 1. The lowest BCUT2D eigenvalue weighted by molar-refractivity contribution is -0.118. The van der Waals surface area contributed by atoms with Gasteiger partial charge in [-0.2, -0.15) is 0 Å². The zero-order chi connectivity index (χ0) is 25.8. The van der Waals surface area contributed by atoms with Crippen molar-refractivity contribution < 1.29 is 9.59 Å². The molecule has 188 valence electrons. The standard InChI is InChI=1S/C27H32N6O3/c1-4-5-14-33-24-22(30-27(33)32-13-8-9-19(28)16-32)12-15-31(26(24)36)17-23(34)20-10-6-7-11-21(20)29-25(35)18(2)3/h6-7,10-12,15,18-19H,8-9,13-14,16-17,28H2,1-3H3,(H,29,35). The minimum absolute atomic E-state index is 0.0507. The Morgan fingerprint density at radius 1 is 1.25 bits per heavy atom. The van der Waals surface area contributed by atoms with Crippen LogP contribution in [0.2, 0.25) is 0 Å². The molecular formula is C27H32N6O3. The van der Waals surface area contributed by atoms with Gasteiger partial charge in [0, 0.05) is 36.8 Å². The average Bonchev–Trinajstić information content (AvgIpc) is 3.24. The lowest BCUT2D eigenvalue weighted by Gasteiger charge is -2.31. The number of nitrogens with one attached hydrogen (secondary N) is 1. The maximum absolute atomic E-state index is 13.6. The molecule has 2 aromatic heterocycles. The number of nitrogens with two attached hydrogens (primary N) is 1. The van der Waals surface area contributed by atoms with Crippen molar-refractivity contribution in [2.75, 3.05) is 23.3 Å². The van der Waals surface area contributed by atoms with Crippen molar-refractivity contribution in [2.45, 2.75) is 52.7 Å². The summed E-state index contributed by atoms with van der Waals surface area (Å²) in [5, 5.41) is 2.80. The predicted molar refractivity (Wildman–Crippen MR) is 141 cm³/mol. The third-order valence-corrected chi connectivity index (χ3v) is 6.33. The number of aromatic nitrogens is 3. The molecule has 1 aliphatic heterocycles. The normalized spacial score (nSPS) is 15.6. The number of hydrogen-bond donors (Lipinski definition) is 2. The van der Waals surface area contributed by atoms with Crippen LogP contribution in [0.1, 0.15) is 44.0 Å². The van der Waals surface area contributed by atoms with Gasteiger partial charge in [0.05, 0.1) is 24.3 Å². The van der Waals surface area contributed by atoms with E-state index in [1.807, 2.05) is 4.57 Å². The minimum Gasteiger partial charge on any atom is -0.341 e. The second-order valence-corrected chi connectivity index (χ2v) is 9.37. The van der Waals surface area contributed by atoms with Crippen LogP contribution in [-0.2, 0) is 17.9 Å². The Kier molecular flexibility index (Phi) is 7.55. The van der Waals surface area contributed by atoms with E-state index in [0.717, 1.165) is 19.4 Å². The van der Waals surface area contributed by atoms with Gasteiger partial charge in [-0.1, -0.05) is 31.9 Å². The third kappa shape index (κ3) is 5.19. The van der Waals surface area contributed by atoms with E-state index < -0.39 is 0 Å². The molecular weight excluding hydrogens is 456 g/mol. The first-order valence-electron chi connectivity index (χ1n) is 12.2. The lowest BCUT2D eigenvalue weighted by atomic mass is 10.1.